The topological polar surface area (TPSA) is 97.1 Å². The molecule has 0 atom stereocenters. The number of carbonyl (C=O) groups excluding carboxylic acids is 1. The molecule has 1 aromatic carbocycles. The molecule has 1 aliphatic heterocycles. The lowest BCUT2D eigenvalue weighted by molar-refractivity contribution is 0.0591. The van der Waals surface area contributed by atoms with Gasteiger partial charge in [-0.05, 0) is 25.9 Å². The number of methoxy groups -OCH3 is 1. The first-order valence-corrected chi connectivity index (χ1v) is 8.96. The van der Waals surface area contributed by atoms with Crippen LogP contribution in [0.25, 0.3) is 11.4 Å². The number of hydrogen-bond acceptors (Lipinski definition) is 7. The summed E-state index contributed by atoms with van der Waals surface area (Å²) in [5.74, 6) is 1.20. The van der Waals surface area contributed by atoms with Crippen LogP contribution in [0.4, 0.5) is 0 Å². The minimum atomic E-state index is -0.392. The SMILES string of the molecule is COC(=O)c1[nH]ncc1CN1CCC(c2nc(-c3ccccc3)no2)CC1. The van der Waals surface area contributed by atoms with Gasteiger partial charge in [0, 0.05) is 23.6 Å². The van der Waals surface area contributed by atoms with Crippen LogP contribution < -0.4 is 0 Å². The lowest BCUT2D eigenvalue weighted by Crippen LogP contribution is -2.33. The Hall–Kier alpha value is -3.00. The average molecular weight is 367 g/mol. The normalized spacial score (nSPS) is 15.7. The van der Waals surface area contributed by atoms with E-state index in [1.807, 2.05) is 30.3 Å². The van der Waals surface area contributed by atoms with E-state index in [-0.39, 0.29) is 5.92 Å². The van der Waals surface area contributed by atoms with Crippen molar-refractivity contribution in [2.75, 3.05) is 20.2 Å². The zero-order valence-electron chi connectivity index (χ0n) is 15.1. The van der Waals surface area contributed by atoms with Crippen LogP contribution in [0.1, 0.15) is 40.7 Å². The summed E-state index contributed by atoms with van der Waals surface area (Å²) in [6.07, 6.45) is 3.55. The molecule has 3 aromatic rings. The smallest absolute Gasteiger partial charge is 0.356 e. The van der Waals surface area contributed by atoms with Crippen LogP contribution in [0.3, 0.4) is 0 Å². The highest BCUT2D eigenvalue weighted by atomic mass is 16.5. The van der Waals surface area contributed by atoms with Gasteiger partial charge in [-0.15, -0.1) is 0 Å². The van der Waals surface area contributed by atoms with Crippen LogP contribution >= 0.6 is 0 Å². The summed E-state index contributed by atoms with van der Waals surface area (Å²) in [5, 5.41) is 10.8. The Labute approximate surface area is 156 Å². The van der Waals surface area contributed by atoms with Gasteiger partial charge in [0.1, 0.15) is 5.69 Å². The summed E-state index contributed by atoms with van der Waals surface area (Å²) in [7, 11) is 1.37. The molecule has 1 aliphatic rings. The fourth-order valence-corrected chi connectivity index (χ4v) is 3.39. The summed E-state index contributed by atoms with van der Waals surface area (Å²) in [6, 6.07) is 9.83. The highest BCUT2D eigenvalue weighted by Crippen LogP contribution is 2.29. The van der Waals surface area contributed by atoms with E-state index in [2.05, 4.69) is 25.2 Å². The predicted octanol–water partition coefficient (Wildman–Crippen LogP) is 2.63. The molecule has 4 rings (SSSR count). The number of esters is 1. The molecular weight excluding hydrogens is 346 g/mol. The summed E-state index contributed by atoms with van der Waals surface area (Å²) in [5.41, 5.74) is 2.23. The monoisotopic (exact) mass is 367 g/mol. The van der Waals surface area contributed by atoms with Crippen LogP contribution in [0.2, 0.25) is 0 Å². The number of ether oxygens (including phenoxy) is 1. The van der Waals surface area contributed by atoms with Crippen LogP contribution in [0.15, 0.2) is 41.1 Å². The molecule has 0 radical (unpaired) electrons. The summed E-state index contributed by atoms with van der Waals surface area (Å²) >= 11 is 0. The van der Waals surface area contributed by atoms with Gasteiger partial charge >= 0.3 is 5.97 Å². The first kappa shape index (κ1) is 17.4. The number of benzene rings is 1. The van der Waals surface area contributed by atoms with Crippen LogP contribution in [-0.4, -0.2) is 51.4 Å². The van der Waals surface area contributed by atoms with Crippen LogP contribution in [-0.2, 0) is 11.3 Å². The van der Waals surface area contributed by atoms with Gasteiger partial charge in [-0.1, -0.05) is 35.5 Å². The minimum Gasteiger partial charge on any atom is -0.464 e. The molecule has 0 saturated carbocycles. The Bertz CT molecular complexity index is 897. The highest BCUT2D eigenvalue weighted by molar-refractivity contribution is 5.88. The number of aromatic nitrogens is 4. The third kappa shape index (κ3) is 3.75. The second kappa shape index (κ2) is 7.71. The van der Waals surface area contributed by atoms with Crippen molar-refractivity contribution in [3.05, 3.63) is 53.7 Å². The molecule has 1 N–H and O–H groups in total. The molecule has 8 nitrogen and oxygen atoms in total. The van der Waals surface area contributed by atoms with Crippen LogP contribution in [0, 0.1) is 0 Å². The molecular formula is C19H21N5O3. The van der Waals surface area contributed by atoms with Crippen molar-refractivity contribution >= 4 is 5.97 Å². The second-order valence-corrected chi connectivity index (χ2v) is 6.63. The molecule has 2 aromatic heterocycles. The van der Waals surface area contributed by atoms with Crippen molar-refractivity contribution in [3.63, 3.8) is 0 Å². The summed E-state index contributed by atoms with van der Waals surface area (Å²) < 4.78 is 10.3. The first-order valence-electron chi connectivity index (χ1n) is 8.96. The van der Waals surface area contributed by atoms with Gasteiger partial charge in [0.2, 0.25) is 11.7 Å². The zero-order chi connectivity index (χ0) is 18.6. The van der Waals surface area contributed by atoms with Crippen LogP contribution in [0.5, 0.6) is 0 Å². The van der Waals surface area contributed by atoms with E-state index in [1.165, 1.54) is 7.11 Å². The van der Waals surface area contributed by atoms with Gasteiger partial charge in [-0.2, -0.15) is 10.1 Å². The van der Waals surface area contributed by atoms with E-state index in [9.17, 15) is 4.79 Å². The van der Waals surface area contributed by atoms with Gasteiger partial charge in [-0.3, -0.25) is 10.00 Å². The zero-order valence-corrected chi connectivity index (χ0v) is 15.1. The first-order chi connectivity index (χ1) is 13.2. The van der Waals surface area contributed by atoms with E-state index < -0.39 is 5.97 Å². The Balaban J connectivity index is 1.36. The van der Waals surface area contributed by atoms with E-state index >= 15 is 0 Å². The third-order valence-electron chi connectivity index (χ3n) is 4.91. The van der Waals surface area contributed by atoms with E-state index in [1.54, 1.807) is 6.20 Å². The Morgan fingerprint density at radius 1 is 1.30 bits per heavy atom. The molecule has 1 fully saturated rings. The number of aromatic amines is 1. The number of rotatable bonds is 5. The largest absolute Gasteiger partial charge is 0.464 e. The van der Waals surface area contributed by atoms with Gasteiger partial charge < -0.3 is 9.26 Å². The molecule has 1 saturated heterocycles. The second-order valence-electron chi connectivity index (χ2n) is 6.63. The fourth-order valence-electron chi connectivity index (χ4n) is 3.39. The van der Waals surface area contributed by atoms with Gasteiger partial charge in [0.25, 0.3) is 0 Å². The molecule has 140 valence electrons. The molecule has 0 aliphatic carbocycles. The number of carbonyl (C=O) groups is 1. The Morgan fingerprint density at radius 3 is 2.81 bits per heavy atom. The molecule has 0 amide bonds. The molecule has 27 heavy (non-hydrogen) atoms. The fraction of sp³-hybridized carbons (Fsp3) is 0.368. The van der Waals surface area contributed by atoms with Crippen molar-refractivity contribution in [1.29, 1.82) is 0 Å². The predicted molar refractivity (Wildman–Crippen MR) is 96.9 cm³/mol. The van der Waals surface area contributed by atoms with Crippen molar-refractivity contribution in [3.8, 4) is 11.4 Å². The van der Waals surface area contributed by atoms with Gasteiger partial charge in [-0.25, -0.2) is 4.79 Å². The standard InChI is InChI=1S/C19H21N5O3/c1-26-19(25)16-15(11-20-22-16)12-24-9-7-14(8-10-24)18-21-17(23-27-18)13-5-3-2-4-6-13/h2-6,11,14H,7-10,12H2,1H3,(H,20,22). The van der Waals surface area contributed by atoms with Gasteiger partial charge in [0.05, 0.1) is 13.3 Å². The van der Waals surface area contributed by atoms with E-state index in [4.69, 9.17) is 9.26 Å². The maximum absolute atomic E-state index is 11.8. The molecule has 0 spiro atoms. The third-order valence-corrected chi connectivity index (χ3v) is 4.91. The van der Waals surface area contributed by atoms with Crippen molar-refractivity contribution in [1.82, 2.24) is 25.2 Å². The summed E-state index contributed by atoms with van der Waals surface area (Å²) in [4.78, 5) is 18.6. The number of nitrogens with one attached hydrogen (secondary N) is 1. The van der Waals surface area contributed by atoms with E-state index in [0.717, 1.165) is 37.1 Å². The number of piperidine rings is 1. The average Bonchev–Trinajstić information content (AvgIpc) is 3.39. The maximum Gasteiger partial charge on any atom is 0.356 e. The number of H-pyrrole nitrogens is 1. The Kier molecular flexibility index (Phi) is 4.97. The number of nitrogens with zero attached hydrogens (tertiary/aromatic N) is 4. The minimum absolute atomic E-state index is 0.260. The van der Waals surface area contributed by atoms with E-state index in [0.29, 0.717) is 24.0 Å². The van der Waals surface area contributed by atoms with Crippen molar-refractivity contribution in [2.24, 2.45) is 0 Å². The summed E-state index contributed by atoms with van der Waals surface area (Å²) in [6.45, 7) is 2.44. The molecule has 0 bridgehead atoms. The van der Waals surface area contributed by atoms with Gasteiger partial charge in [0.15, 0.2) is 0 Å². The lowest BCUT2D eigenvalue weighted by Gasteiger charge is -2.30. The molecule has 3 heterocycles. The Morgan fingerprint density at radius 2 is 2.07 bits per heavy atom. The quantitative estimate of drug-likeness (QED) is 0.692. The molecule has 0 unspecified atom stereocenters. The van der Waals surface area contributed by atoms with Crippen molar-refractivity contribution in [2.45, 2.75) is 25.3 Å². The number of likely N-dealkylation sites (tertiary alicyclic amines) is 1. The lowest BCUT2D eigenvalue weighted by atomic mass is 9.96. The molecule has 8 heteroatoms. The highest BCUT2D eigenvalue weighted by Gasteiger charge is 2.26. The van der Waals surface area contributed by atoms with Crippen molar-refractivity contribution < 1.29 is 14.1 Å². The number of hydrogen-bond donors (Lipinski definition) is 1. The maximum atomic E-state index is 11.8.